The number of rotatable bonds is 3. The minimum Gasteiger partial charge on any atom is -0.497 e. The summed E-state index contributed by atoms with van der Waals surface area (Å²) in [6.07, 6.45) is 0.158. The summed E-state index contributed by atoms with van der Waals surface area (Å²) in [5, 5.41) is 6.56. The van der Waals surface area contributed by atoms with Crippen molar-refractivity contribution in [3.05, 3.63) is 18.2 Å². The first kappa shape index (κ1) is 11.1. The van der Waals surface area contributed by atoms with Crippen LogP contribution in [0.15, 0.2) is 18.2 Å². The lowest BCUT2D eigenvalue weighted by Gasteiger charge is -2.33. The highest BCUT2D eigenvalue weighted by atomic mass is 16.5. The van der Waals surface area contributed by atoms with Crippen LogP contribution in [0.25, 0.3) is 0 Å². The van der Waals surface area contributed by atoms with E-state index in [0.717, 1.165) is 23.7 Å². The monoisotopic (exact) mass is 222 g/mol. The zero-order valence-corrected chi connectivity index (χ0v) is 9.91. The molecule has 1 aliphatic heterocycles. The Balaban J connectivity index is 2.20. The standard InChI is InChI=1S/C12H18N2O2/c1-8-12(7-13-2)16-11-5-4-9(15-3)6-10(11)14-8/h4-6,8,12-14H,7H2,1-3H3. The van der Waals surface area contributed by atoms with Gasteiger partial charge in [-0.05, 0) is 26.1 Å². The summed E-state index contributed by atoms with van der Waals surface area (Å²) in [5.74, 6) is 1.73. The normalized spacial score (nSPS) is 22.9. The first-order valence-corrected chi connectivity index (χ1v) is 5.50. The van der Waals surface area contributed by atoms with E-state index in [1.54, 1.807) is 7.11 Å². The number of nitrogens with one attached hydrogen (secondary N) is 2. The van der Waals surface area contributed by atoms with E-state index in [2.05, 4.69) is 17.6 Å². The molecule has 2 N–H and O–H groups in total. The number of likely N-dealkylation sites (N-methyl/N-ethyl adjacent to an activating group) is 1. The van der Waals surface area contributed by atoms with E-state index in [4.69, 9.17) is 9.47 Å². The minimum absolute atomic E-state index is 0.158. The summed E-state index contributed by atoms with van der Waals surface area (Å²) in [6.45, 7) is 2.95. The molecule has 4 heteroatoms. The molecular formula is C12H18N2O2. The summed E-state index contributed by atoms with van der Waals surface area (Å²) in [6, 6.07) is 6.09. The van der Waals surface area contributed by atoms with Crippen molar-refractivity contribution >= 4 is 5.69 Å². The summed E-state index contributed by atoms with van der Waals surface area (Å²) >= 11 is 0. The Morgan fingerprint density at radius 2 is 2.31 bits per heavy atom. The third-order valence-electron chi connectivity index (χ3n) is 2.81. The van der Waals surface area contributed by atoms with Crippen molar-refractivity contribution in [2.45, 2.75) is 19.1 Å². The third-order valence-corrected chi connectivity index (χ3v) is 2.81. The maximum Gasteiger partial charge on any atom is 0.143 e. The molecule has 2 rings (SSSR count). The van der Waals surface area contributed by atoms with Gasteiger partial charge in [-0.25, -0.2) is 0 Å². The zero-order valence-electron chi connectivity index (χ0n) is 9.91. The average molecular weight is 222 g/mol. The van der Waals surface area contributed by atoms with Gasteiger partial charge in [-0.15, -0.1) is 0 Å². The lowest BCUT2D eigenvalue weighted by molar-refractivity contribution is 0.174. The SMILES string of the molecule is CNCC1Oc2ccc(OC)cc2NC1C. The maximum atomic E-state index is 5.90. The predicted octanol–water partition coefficient (Wildman–Crippen LogP) is 1.48. The van der Waals surface area contributed by atoms with E-state index in [1.165, 1.54) is 0 Å². The molecule has 0 aliphatic carbocycles. The fourth-order valence-electron chi connectivity index (χ4n) is 1.87. The Morgan fingerprint density at radius 1 is 1.50 bits per heavy atom. The van der Waals surface area contributed by atoms with Crippen LogP contribution in [0.3, 0.4) is 0 Å². The van der Waals surface area contributed by atoms with Gasteiger partial charge >= 0.3 is 0 Å². The Bertz CT molecular complexity index is 368. The van der Waals surface area contributed by atoms with E-state index in [1.807, 2.05) is 25.2 Å². The van der Waals surface area contributed by atoms with E-state index in [0.29, 0.717) is 0 Å². The van der Waals surface area contributed by atoms with Crippen molar-refractivity contribution in [1.82, 2.24) is 5.32 Å². The molecule has 0 aromatic heterocycles. The van der Waals surface area contributed by atoms with E-state index >= 15 is 0 Å². The van der Waals surface area contributed by atoms with Gasteiger partial charge in [-0.2, -0.15) is 0 Å². The molecule has 1 heterocycles. The van der Waals surface area contributed by atoms with Crippen molar-refractivity contribution in [3.8, 4) is 11.5 Å². The molecule has 1 aliphatic rings. The summed E-state index contributed by atoms with van der Waals surface area (Å²) in [7, 11) is 3.60. The number of benzene rings is 1. The van der Waals surface area contributed by atoms with Gasteiger partial charge in [0.05, 0.1) is 18.8 Å². The Hall–Kier alpha value is -1.42. The zero-order chi connectivity index (χ0) is 11.5. The van der Waals surface area contributed by atoms with Crippen molar-refractivity contribution < 1.29 is 9.47 Å². The van der Waals surface area contributed by atoms with Crippen LogP contribution in [0.4, 0.5) is 5.69 Å². The summed E-state index contributed by atoms with van der Waals surface area (Å²) in [4.78, 5) is 0. The Morgan fingerprint density at radius 3 is 3.00 bits per heavy atom. The quantitative estimate of drug-likeness (QED) is 0.813. The molecule has 88 valence electrons. The van der Waals surface area contributed by atoms with Crippen LogP contribution < -0.4 is 20.1 Å². The lowest BCUT2D eigenvalue weighted by Crippen LogP contribution is -2.44. The van der Waals surface area contributed by atoms with Crippen LogP contribution >= 0.6 is 0 Å². The van der Waals surface area contributed by atoms with Crippen molar-refractivity contribution in [2.24, 2.45) is 0 Å². The van der Waals surface area contributed by atoms with Gasteiger partial charge in [0.15, 0.2) is 0 Å². The van der Waals surface area contributed by atoms with Gasteiger partial charge < -0.3 is 20.1 Å². The van der Waals surface area contributed by atoms with Gasteiger partial charge in [-0.1, -0.05) is 0 Å². The van der Waals surface area contributed by atoms with Crippen LogP contribution in [0.1, 0.15) is 6.92 Å². The number of ether oxygens (including phenoxy) is 2. The Labute approximate surface area is 95.9 Å². The summed E-state index contributed by atoms with van der Waals surface area (Å²) in [5.41, 5.74) is 0.999. The van der Waals surface area contributed by atoms with E-state index in [-0.39, 0.29) is 12.1 Å². The van der Waals surface area contributed by atoms with Crippen LogP contribution in [0, 0.1) is 0 Å². The van der Waals surface area contributed by atoms with Gasteiger partial charge in [0, 0.05) is 12.6 Å². The highest BCUT2D eigenvalue weighted by molar-refractivity contribution is 5.61. The second-order valence-corrected chi connectivity index (χ2v) is 4.01. The topological polar surface area (TPSA) is 42.5 Å². The van der Waals surface area contributed by atoms with Gasteiger partial charge in [-0.3, -0.25) is 0 Å². The molecule has 1 aromatic rings. The highest BCUT2D eigenvalue weighted by Crippen LogP contribution is 2.34. The molecule has 0 saturated heterocycles. The smallest absolute Gasteiger partial charge is 0.143 e. The molecule has 16 heavy (non-hydrogen) atoms. The van der Waals surface area contributed by atoms with Gasteiger partial charge in [0.25, 0.3) is 0 Å². The fraction of sp³-hybridized carbons (Fsp3) is 0.500. The molecule has 2 unspecified atom stereocenters. The first-order valence-electron chi connectivity index (χ1n) is 5.50. The molecule has 0 saturated carbocycles. The first-order chi connectivity index (χ1) is 7.74. The molecule has 0 fully saturated rings. The fourth-order valence-corrected chi connectivity index (χ4v) is 1.87. The Kier molecular flexibility index (Phi) is 3.19. The number of hydrogen-bond acceptors (Lipinski definition) is 4. The van der Waals surface area contributed by atoms with Crippen molar-refractivity contribution in [1.29, 1.82) is 0 Å². The lowest BCUT2D eigenvalue weighted by atomic mass is 10.1. The van der Waals surface area contributed by atoms with E-state index < -0.39 is 0 Å². The molecule has 0 bridgehead atoms. The molecule has 0 amide bonds. The number of methoxy groups -OCH3 is 1. The third kappa shape index (κ3) is 2.07. The second kappa shape index (κ2) is 4.61. The van der Waals surface area contributed by atoms with Crippen molar-refractivity contribution in [2.75, 3.05) is 26.0 Å². The van der Waals surface area contributed by atoms with Crippen LogP contribution in [0.2, 0.25) is 0 Å². The van der Waals surface area contributed by atoms with Crippen LogP contribution in [-0.2, 0) is 0 Å². The molecule has 4 nitrogen and oxygen atoms in total. The predicted molar refractivity (Wildman–Crippen MR) is 64.4 cm³/mol. The number of fused-ring (bicyclic) bond motifs is 1. The molecule has 0 spiro atoms. The molecule has 0 radical (unpaired) electrons. The average Bonchev–Trinajstić information content (AvgIpc) is 2.30. The highest BCUT2D eigenvalue weighted by Gasteiger charge is 2.25. The molecular weight excluding hydrogens is 204 g/mol. The summed E-state index contributed by atoms with van der Waals surface area (Å²) < 4.78 is 11.1. The minimum atomic E-state index is 0.158. The van der Waals surface area contributed by atoms with Gasteiger partial charge in [0.2, 0.25) is 0 Å². The van der Waals surface area contributed by atoms with Crippen LogP contribution in [0.5, 0.6) is 11.5 Å². The molecule has 2 atom stereocenters. The second-order valence-electron chi connectivity index (χ2n) is 4.01. The van der Waals surface area contributed by atoms with E-state index in [9.17, 15) is 0 Å². The van der Waals surface area contributed by atoms with Gasteiger partial charge in [0.1, 0.15) is 17.6 Å². The number of hydrogen-bond donors (Lipinski definition) is 2. The van der Waals surface area contributed by atoms with Crippen molar-refractivity contribution in [3.63, 3.8) is 0 Å². The van der Waals surface area contributed by atoms with Crippen LogP contribution in [-0.4, -0.2) is 32.8 Å². The molecule has 1 aromatic carbocycles. The number of anilines is 1. The maximum absolute atomic E-state index is 5.90. The largest absolute Gasteiger partial charge is 0.497 e.